The summed E-state index contributed by atoms with van der Waals surface area (Å²) in [6, 6.07) is 16.6. The Morgan fingerprint density at radius 1 is 0.947 bits per heavy atom. The van der Waals surface area contributed by atoms with E-state index in [9.17, 15) is 22.4 Å². The van der Waals surface area contributed by atoms with Crippen LogP contribution < -0.4 is 9.62 Å². The molecule has 11 heteroatoms. The summed E-state index contributed by atoms with van der Waals surface area (Å²) in [6.45, 7) is 4.51. The van der Waals surface area contributed by atoms with E-state index in [1.54, 1.807) is 63.2 Å². The van der Waals surface area contributed by atoms with Crippen LogP contribution in [-0.2, 0) is 26.2 Å². The maximum Gasteiger partial charge on any atom is 0.264 e. The quantitative estimate of drug-likeness (QED) is 0.354. The van der Waals surface area contributed by atoms with Crippen molar-refractivity contribution in [3.05, 3.63) is 94.2 Å². The van der Waals surface area contributed by atoms with E-state index < -0.39 is 40.2 Å². The average molecular weight is 581 g/mol. The molecular weight excluding hydrogens is 552 g/mol. The summed E-state index contributed by atoms with van der Waals surface area (Å²) < 4.78 is 42.1. The van der Waals surface area contributed by atoms with Gasteiger partial charge in [0.15, 0.2) is 0 Å². The number of halogens is 3. The molecule has 0 heterocycles. The molecule has 0 aliphatic carbocycles. The predicted octanol–water partition coefficient (Wildman–Crippen LogP) is 5.27. The zero-order valence-electron chi connectivity index (χ0n) is 21.1. The molecule has 0 unspecified atom stereocenters. The van der Waals surface area contributed by atoms with E-state index in [2.05, 4.69) is 5.32 Å². The van der Waals surface area contributed by atoms with Crippen molar-refractivity contribution >= 4 is 50.7 Å². The molecule has 0 aromatic heterocycles. The first-order valence-corrected chi connectivity index (χ1v) is 14.0. The van der Waals surface area contributed by atoms with Gasteiger partial charge in [0.1, 0.15) is 18.4 Å². The van der Waals surface area contributed by atoms with Gasteiger partial charge in [-0.2, -0.15) is 0 Å². The fraction of sp³-hybridized carbons (Fsp3) is 0.259. The molecule has 38 heavy (non-hydrogen) atoms. The number of rotatable bonds is 10. The average Bonchev–Trinajstić information content (AvgIpc) is 2.88. The van der Waals surface area contributed by atoms with Crippen LogP contribution in [0.2, 0.25) is 10.0 Å². The number of anilines is 1. The van der Waals surface area contributed by atoms with Crippen molar-refractivity contribution in [2.75, 3.05) is 10.8 Å². The summed E-state index contributed by atoms with van der Waals surface area (Å²) in [7, 11) is -4.27. The van der Waals surface area contributed by atoms with Crippen molar-refractivity contribution in [1.29, 1.82) is 0 Å². The van der Waals surface area contributed by atoms with Crippen LogP contribution in [0.4, 0.5) is 10.1 Å². The number of hydrogen-bond acceptors (Lipinski definition) is 4. The van der Waals surface area contributed by atoms with Gasteiger partial charge in [-0.15, -0.1) is 0 Å². The molecule has 202 valence electrons. The van der Waals surface area contributed by atoms with Crippen molar-refractivity contribution < 1.29 is 22.4 Å². The molecule has 3 rings (SSSR count). The molecule has 0 bridgehead atoms. The smallest absolute Gasteiger partial charge is 0.264 e. The van der Waals surface area contributed by atoms with Crippen LogP contribution in [0.1, 0.15) is 26.3 Å². The van der Waals surface area contributed by atoms with E-state index in [4.69, 9.17) is 23.2 Å². The van der Waals surface area contributed by atoms with Crippen LogP contribution in [0.5, 0.6) is 0 Å². The van der Waals surface area contributed by atoms with Crippen LogP contribution in [0.3, 0.4) is 0 Å². The van der Waals surface area contributed by atoms with Crippen LogP contribution in [0.25, 0.3) is 0 Å². The number of benzene rings is 3. The van der Waals surface area contributed by atoms with E-state index >= 15 is 0 Å². The number of nitrogens with one attached hydrogen (secondary N) is 1. The normalized spacial score (nSPS) is 12.2. The highest BCUT2D eigenvalue weighted by molar-refractivity contribution is 7.92. The molecule has 1 N–H and O–H groups in total. The second-order valence-electron chi connectivity index (χ2n) is 8.91. The zero-order chi connectivity index (χ0) is 28.0. The van der Waals surface area contributed by atoms with Gasteiger partial charge in [-0.25, -0.2) is 12.8 Å². The van der Waals surface area contributed by atoms with Gasteiger partial charge < -0.3 is 10.2 Å². The van der Waals surface area contributed by atoms with E-state index in [0.717, 1.165) is 16.4 Å². The first kappa shape index (κ1) is 29.4. The lowest BCUT2D eigenvalue weighted by molar-refractivity contribution is -0.139. The summed E-state index contributed by atoms with van der Waals surface area (Å²) in [6.07, 6.45) is 0. The number of carbonyl (C=O) groups excluding carboxylic acids is 2. The van der Waals surface area contributed by atoms with Crippen LogP contribution in [0.15, 0.2) is 77.7 Å². The molecule has 3 aromatic carbocycles. The van der Waals surface area contributed by atoms with Crippen LogP contribution in [-0.4, -0.2) is 43.8 Å². The van der Waals surface area contributed by atoms with Gasteiger partial charge in [-0.3, -0.25) is 13.9 Å². The van der Waals surface area contributed by atoms with Gasteiger partial charge in [-0.05, 0) is 68.8 Å². The SMILES string of the molecule is CC(C)NC(=O)[C@@H](C)N(Cc1ccc(Cl)cc1)C(=O)CN(c1ccc(F)c(Cl)c1)S(=O)(=O)c1ccccc1. The Labute approximate surface area is 232 Å². The Morgan fingerprint density at radius 2 is 1.58 bits per heavy atom. The molecule has 0 saturated carbocycles. The fourth-order valence-electron chi connectivity index (χ4n) is 3.66. The summed E-state index contributed by atoms with van der Waals surface area (Å²) in [4.78, 5) is 27.9. The van der Waals surface area contributed by atoms with Crippen molar-refractivity contribution in [1.82, 2.24) is 10.2 Å². The highest BCUT2D eigenvalue weighted by atomic mass is 35.5. The first-order valence-electron chi connectivity index (χ1n) is 11.8. The predicted molar refractivity (Wildman–Crippen MR) is 147 cm³/mol. The summed E-state index contributed by atoms with van der Waals surface area (Å²) in [5, 5.41) is 2.99. The third-order valence-electron chi connectivity index (χ3n) is 5.67. The lowest BCUT2D eigenvalue weighted by Gasteiger charge is -2.32. The molecule has 0 radical (unpaired) electrons. The Hall–Kier alpha value is -3.14. The second kappa shape index (κ2) is 12.6. The lowest BCUT2D eigenvalue weighted by atomic mass is 10.1. The molecule has 0 spiro atoms. The molecule has 2 amide bonds. The molecule has 0 saturated heterocycles. The molecule has 3 aromatic rings. The lowest BCUT2D eigenvalue weighted by Crippen LogP contribution is -2.52. The summed E-state index contributed by atoms with van der Waals surface area (Å²) in [5.74, 6) is -1.78. The highest BCUT2D eigenvalue weighted by Gasteiger charge is 2.33. The molecule has 7 nitrogen and oxygen atoms in total. The minimum atomic E-state index is -4.27. The molecule has 1 atom stereocenters. The first-order chi connectivity index (χ1) is 17.9. The van der Waals surface area contributed by atoms with Crippen LogP contribution in [0, 0.1) is 5.82 Å². The van der Waals surface area contributed by atoms with Gasteiger partial charge in [-0.1, -0.05) is 53.5 Å². The maximum atomic E-state index is 13.9. The number of hydrogen-bond donors (Lipinski definition) is 1. The number of amides is 2. The monoisotopic (exact) mass is 579 g/mol. The topological polar surface area (TPSA) is 86.8 Å². The molecule has 0 aliphatic heterocycles. The number of nitrogens with zero attached hydrogens (tertiary/aromatic N) is 2. The summed E-state index contributed by atoms with van der Waals surface area (Å²) >= 11 is 12.0. The van der Waals surface area contributed by atoms with E-state index in [0.29, 0.717) is 10.6 Å². The molecular formula is C27H28Cl2FN3O4S. The summed E-state index contributed by atoms with van der Waals surface area (Å²) in [5.41, 5.74) is 0.688. The van der Waals surface area contributed by atoms with E-state index in [-0.39, 0.29) is 28.2 Å². The minimum Gasteiger partial charge on any atom is -0.352 e. The third kappa shape index (κ3) is 7.24. The zero-order valence-corrected chi connectivity index (χ0v) is 23.4. The van der Waals surface area contributed by atoms with Crippen LogP contribution >= 0.6 is 23.2 Å². The molecule has 0 fully saturated rings. The van der Waals surface area contributed by atoms with Crippen molar-refractivity contribution in [3.8, 4) is 0 Å². The minimum absolute atomic E-state index is 0.000619. The number of carbonyl (C=O) groups is 2. The fourth-order valence-corrected chi connectivity index (χ4v) is 5.39. The Balaban J connectivity index is 2.04. The maximum absolute atomic E-state index is 13.9. The third-order valence-corrected chi connectivity index (χ3v) is 8.00. The Morgan fingerprint density at radius 3 is 2.16 bits per heavy atom. The van der Waals surface area contributed by atoms with Crippen molar-refractivity contribution in [2.24, 2.45) is 0 Å². The molecule has 0 aliphatic rings. The van der Waals surface area contributed by atoms with Crippen molar-refractivity contribution in [2.45, 2.75) is 44.3 Å². The largest absolute Gasteiger partial charge is 0.352 e. The van der Waals surface area contributed by atoms with Gasteiger partial charge in [0, 0.05) is 17.6 Å². The van der Waals surface area contributed by atoms with Crippen molar-refractivity contribution in [3.63, 3.8) is 0 Å². The standard InChI is InChI=1S/C27H28Cl2FN3O4S/c1-18(2)31-27(35)19(3)32(16-20-9-11-21(28)12-10-20)26(34)17-33(22-13-14-25(30)24(29)15-22)38(36,37)23-7-5-4-6-8-23/h4-15,18-19H,16-17H2,1-3H3,(H,31,35)/t19-/m1/s1. The van der Waals surface area contributed by atoms with E-state index in [1.807, 2.05) is 0 Å². The van der Waals surface area contributed by atoms with Gasteiger partial charge in [0.25, 0.3) is 10.0 Å². The second-order valence-corrected chi connectivity index (χ2v) is 11.6. The Bertz CT molecular complexity index is 1390. The van der Waals surface area contributed by atoms with E-state index in [1.165, 1.54) is 23.1 Å². The van der Waals surface area contributed by atoms with Gasteiger partial charge in [0.2, 0.25) is 11.8 Å². The number of sulfonamides is 1. The highest BCUT2D eigenvalue weighted by Crippen LogP contribution is 2.28. The van der Waals surface area contributed by atoms with Gasteiger partial charge in [0.05, 0.1) is 15.6 Å². The Kier molecular flexibility index (Phi) is 9.76. The van der Waals surface area contributed by atoms with Gasteiger partial charge >= 0.3 is 0 Å².